The summed E-state index contributed by atoms with van der Waals surface area (Å²) in [5.74, 6) is 2.01. The van der Waals surface area contributed by atoms with E-state index >= 15 is 0 Å². The Morgan fingerprint density at radius 1 is 1.19 bits per heavy atom. The fraction of sp³-hybridized carbons (Fsp3) is 0.381. The molecule has 1 N–H and O–H groups in total. The van der Waals surface area contributed by atoms with E-state index in [1.54, 1.807) is 0 Å². The van der Waals surface area contributed by atoms with Crippen LogP contribution in [0.1, 0.15) is 24.5 Å². The van der Waals surface area contributed by atoms with E-state index in [1.165, 1.54) is 5.56 Å². The molecule has 5 heteroatoms. The number of hydrogen-bond acceptors (Lipinski definition) is 4. The Labute approximate surface area is 154 Å². The first-order valence-electron chi connectivity index (χ1n) is 8.97. The van der Waals surface area contributed by atoms with Gasteiger partial charge in [-0.15, -0.1) is 0 Å². The quantitative estimate of drug-likeness (QED) is 0.863. The zero-order chi connectivity index (χ0) is 18.5. The van der Waals surface area contributed by atoms with Gasteiger partial charge in [-0.25, -0.2) is 0 Å². The highest BCUT2D eigenvalue weighted by Crippen LogP contribution is 2.30. The molecule has 1 heterocycles. The number of nitrogens with one attached hydrogen (secondary N) is 1. The smallest absolute Gasteiger partial charge is 0.261 e. The van der Waals surface area contributed by atoms with Crippen LogP contribution in [0.5, 0.6) is 17.2 Å². The third-order valence-electron chi connectivity index (χ3n) is 4.49. The summed E-state index contributed by atoms with van der Waals surface area (Å²) >= 11 is 0. The molecule has 0 saturated carbocycles. The fourth-order valence-electron chi connectivity index (χ4n) is 2.77. The van der Waals surface area contributed by atoms with E-state index in [0.717, 1.165) is 11.3 Å². The largest absolute Gasteiger partial charge is 0.486 e. The molecule has 26 heavy (non-hydrogen) atoms. The summed E-state index contributed by atoms with van der Waals surface area (Å²) in [6.45, 7) is 6.79. The first kappa shape index (κ1) is 18.1. The van der Waals surface area contributed by atoms with Gasteiger partial charge in [0.1, 0.15) is 18.5 Å². The molecular formula is C21H25NO4. The minimum absolute atomic E-state index is 0.145. The summed E-state index contributed by atoms with van der Waals surface area (Å²) in [6.07, 6.45) is -0.161. The van der Waals surface area contributed by atoms with Gasteiger partial charge in [0.25, 0.3) is 5.91 Å². The van der Waals surface area contributed by atoms with Crippen LogP contribution < -0.4 is 19.5 Å². The van der Waals surface area contributed by atoms with Gasteiger partial charge in [0.15, 0.2) is 17.6 Å². The van der Waals surface area contributed by atoms with Crippen molar-refractivity contribution in [3.05, 3.63) is 53.6 Å². The number of ether oxygens (including phenoxy) is 3. The molecule has 0 unspecified atom stereocenters. The van der Waals surface area contributed by atoms with Gasteiger partial charge in [-0.2, -0.15) is 0 Å². The molecule has 138 valence electrons. The van der Waals surface area contributed by atoms with Crippen molar-refractivity contribution in [2.24, 2.45) is 0 Å². The average molecular weight is 355 g/mol. The Morgan fingerprint density at radius 3 is 2.69 bits per heavy atom. The van der Waals surface area contributed by atoms with Gasteiger partial charge in [0.2, 0.25) is 0 Å². The van der Waals surface area contributed by atoms with Crippen molar-refractivity contribution >= 4 is 5.91 Å². The number of hydrogen-bond donors (Lipinski definition) is 1. The fourth-order valence-corrected chi connectivity index (χ4v) is 2.77. The number of para-hydroxylation sites is 2. The maximum atomic E-state index is 12.5. The third-order valence-corrected chi connectivity index (χ3v) is 4.49. The molecule has 0 saturated heterocycles. The van der Waals surface area contributed by atoms with E-state index in [4.69, 9.17) is 14.2 Å². The number of carbonyl (C=O) groups excluding carboxylic acids is 1. The lowest BCUT2D eigenvalue weighted by atomic mass is 10.1. The van der Waals surface area contributed by atoms with E-state index in [9.17, 15) is 4.79 Å². The molecule has 5 nitrogen and oxygen atoms in total. The number of carbonyl (C=O) groups is 1. The molecule has 0 aromatic heterocycles. The Kier molecular flexibility index (Phi) is 5.66. The van der Waals surface area contributed by atoms with Crippen LogP contribution in [0, 0.1) is 13.8 Å². The number of aryl methyl sites for hydroxylation is 2. The van der Waals surface area contributed by atoms with Crippen LogP contribution >= 0.6 is 0 Å². The van der Waals surface area contributed by atoms with E-state index in [0.29, 0.717) is 31.1 Å². The predicted molar refractivity (Wildman–Crippen MR) is 100.0 cm³/mol. The van der Waals surface area contributed by atoms with Crippen molar-refractivity contribution in [2.45, 2.75) is 39.4 Å². The SMILES string of the molecule is CC[C@H](Oc1ccc(C)c(C)c1)C(=O)NC[C@@H]1COc2ccccc2O1. The monoisotopic (exact) mass is 355 g/mol. The van der Waals surface area contributed by atoms with E-state index < -0.39 is 6.10 Å². The normalized spacial score (nSPS) is 16.7. The second-order valence-electron chi connectivity index (χ2n) is 6.50. The van der Waals surface area contributed by atoms with Gasteiger partial charge in [0.05, 0.1) is 6.54 Å². The van der Waals surface area contributed by atoms with Gasteiger partial charge in [-0.05, 0) is 55.7 Å². The summed E-state index contributed by atoms with van der Waals surface area (Å²) in [7, 11) is 0. The van der Waals surface area contributed by atoms with E-state index in [1.807, 2.05) is 63.2 Å². The average Bonchev–Trinajstić information content (AvgIpc) is 2.66. The van der Waals surface area contributed by atoms with Crippen LogP contribution in [0.2, 0.25) is 0 Å². The van der Waals surface area contributed by atoms with E-state index in [-0.39, 0.29) is 12.0 Å². The Bertz CT molecular complexity index is 774. The molecule has 2 aromatic rings. The maximum absolute atomic E-state index is 12.5. The first-order valence-corrected chi connectivity index (χ1v) is 8.97. The van der Waals surface area contributed by atoms with Crippen molar-refractivity contribution in [3.63, 3.8) is 0 Å². The van der Waals surface area contributed by atoms with Crippen LogP contribution in [0.25, 0.3) is 0 Å². The van der Waals surface area contributed by atoms with Crippen molar-refractivity contribution in [3.8, 4) is 17.2 Å². The molecule has 0 spiro atoms. The van der Waals surface area contributed by atoms with Crippen LogP contribution in [-0.2, 0) is 4.79 Å². The van der Waals surface area contributed by atoms with Crippen LogP contribution in [0.15, 0.2) is 42.5 Å². The first-order chi connectivity index (χ1) is 12.6. The molecule has 0 fully saturated rings. The standard InChI is InChI=1S/C21H25NO4/c1-4-18(25-16-10-9-14(2)15(3)11-16)21(23)22-12-17-13-24-19-7-5-6-8-20(19)26-17/h5-11,17-18H,4,12-13H2,1-3H3,(H,22,23)/t17-,18+/m1/s1. The summed E-state index contributed by atoms with van der Waals surface area (Å²) in [6, 6.07) is 13.4. The zero-order valence-electron chi connectivity index (χ0n) is 15.5. The molecule has 2 atom stereocenters. The van der Waals surface area contributed by atoms with Crippen LogP contribution in [0.4, 0.5) is 0 Å². The summed E-state index contributed by atoms with van der Waals surface area (Å²) in [5, 5.41) is 2.91. The molecule has 3 rings (SSSR count). The highest BCUT2D eigenvalue weighted by atomic mass is 16.6. The van der Waals surface area contributed by atoms with Gasteiger partial charge in [-0.1, -0.05) is 25.1 Å². The molecule has 0 radical (unpaired) electrons. The van der Waals surface area contributed by atoms with Gasteiger partial charge in [0, 0.05) is 0 Å². The summed E-state index contributed by atoms with van der Waals surface area (Å²) in [5.41, 5.74) is 2.34. The Morgan fingerprint density at radius 2 is 1.96 bits per heavy atom. The van der Waals surface area contributed by atoms with Crippen LogP contribution in [-0.4, -0.2) is 31.3 Å². The second-order valence-corrected chi connectivity index (χ2v) is 6.50. The number of rotatable bonds is 6. The van der Waals surface area contributed by atoms with E-state index in [2.05, 4.69) is 5.32 Å². The zero-order valence-corrected chi connectivity index (χ0v) is 15.5. The topological polar surface area (TPSA) is 56.8 Å². The van der Waals surface area contributed by atoms with Crippen molar-refractivity contribution in [1.82, 2.24) is 5.32 Å². The van der Waals surface area contributed by atoms with Gasteiger partial charge < -0.3 is 19.5 Å². The molecule has 1 aliphatic heterocycles. The third kappa shape index (κ3) is 4.28. The second kappa shape index (κ2) is 8.13. The minimum atomic E-state index is -0.533. The predicted octanol–water partition coefficient (Wildman–Crippen LogP) is 3.42. The molecule has 0 aliphatic carbocycles. The lowest BCUT2D eigenvalue weighted by molar-refractivity contribution is -0.128. The lowest BCUT2D eigenvalue weighted by Gasteiger charge is -2.27. The number of amides is 1. The molecule has 2 aromatic carbocycles. The molecular weight excluding hydrogens is 330 g/mol. The number of benzene rings is 2. The maximum Gasteiger partial charge on any atom is 0.261 e. The number of fused-ring (bicyclic) bond motifs is 1. The lowest BCUT2D eigenvalue weighted by Crippen LogP contribution is -2.45. The van der Waals surface area contributed by atoms with Gasteiger partial charge >= 0.3 is 0 Å². The highest BCUT2D eigenvalue weighted by Gasteiger charge is 2.24. The van der Waals surface area contributed by atoms with Crippen molar-refractivity contribution in [1.29, 1.82) is 0 Å². The summed E-state index contributed by atoms with van der Waals surface area (Å²) < 4.78 is 17.4. The molecule has 1 aliphatic rings. The summed E-state index contributed by atoms with van der Waals surface area (Å²) in [4.78, 5) is 12.5. The molecule has 1 amide bonds. The molecule has 0 bridgehead atoms. The Balaban J connectivity index is 1.54. The van der Waals surface area contributed by atoms with Crippen molar-refractivity contribution < 1.29 is 19.0 Å². The van der Waals surface area contributed by atoms with Gasteiger partial charge in [-0.3, -0.25) is 4.79 Å². The van der Waals surface area contributed by atoms with Crippen LogP contribution in [0.3, 0.4) is 0 Å². The minimum Gasteiger partial charge on any atom is -0.486 e. The Hall–Kier alpha value is -2.69. The highest BCUT2D eigenvalue weighted by molar-refractivity contribution is 5.81. The van der Waals surface area contributed by atoms with Crippen molar-refractivity contribution in [2.75, 3.05) is 13.2 Å².